The zero-order valence-electron chi connectivity index (χ0n) is 13.3. The predicted molar refractivity (Wildman–Crippen MR) is 85.1 cm³/mol. The highest BCUT2D eigenvalue weighted by Gasteiger charge is 2.33. The molecule has 2 saturated carbocycles. The molecule has 0 aromatic carbocycles. The van der Waals surface area contributed by atoms with E-state index in [9.17, 15) is 0 Å². The van der Waals surface area contributed by atoms with Crippen molar-refractivity contribution in [3.05, 3.63) is 0 Å². The molecule has 0 amide bonds. The predicted octanol–water partition coefficient (Wildman–Crippen LogP) is 2.47. The van der Waals surface area contributed by atoms with Crippen molar-refractivity contribution in [1.29, 1.82) is 0 Å². The Bertz CT molecular complexity index is 278. The van der Waals surface area contributed by atoms with Gasteiger partial charge in [0.05, 0.1) is 0 Å². The van der Waals surface area contributed by atoms with Crippen LogP contribution in [0.25, 0.3) is 0 Å². The monoisotopic (exact) mass is 279 g/mol. The topological polar surface area (TPSA) is 18.5 Å². The molecule has 1 aliphatic heterocycles. The van der Waals surface area contributed by atoms with E-state index in [1.807, 2.05) is 0 Å². The van der Waals surface area contributed by atoms with Gasteiger partial charge in [-0.25, -0.2) is 0 Å². The summed E-state index contributed by atoms with van der Waals surface area (Å²) in [6.45, 7) is 8.64. The molecule has 0 aromatic heterocycles. The first-order valence-electron chi connectivity index (χ1n) is 9.10. The molecule has 2 unspecified atom stereocenters. The molecule has 2 aliphatic carbocycles. The highest BCUT2D eigenvalue weighted by atomic mass is 15.3. The molecular formula is C17H33N3. The van der Waals surface area contributed by atoms with Crippen molar-refractivity contribution in [3.63, 3.8) is 0 Å². The third kappa shape index (κ3) is 3.37. The molecule has 3 fully saturated rings. The number of rotatable bonds is 4. The van der Waals surface area contributed by atoms with Crippen molar-refractivity contribution in [1.82, 2.24) is 15.1 Å². The molecule has 3 rings (SSSR count). The summed E-state index contributed by atoms with van der Waals surface area (Å²) >= 11 is 0. The summed E-state index contributed by atoms with van der Waals surface area (Å²) in [4.78, 5) is 5.59. The lowest BCUT2D eigenvalue weighted by Gasteiger charge is -2.45. The van der Waals surface area contributed by atoms with Gasteiger partial charge in [0, 0.05) is 44.3 Å². The van der Waals surface area contributed by atoms with Gasteiger partial charge in [-0.3, -0.25) is 9.80 Å². The summed E-state index contributed by atoms with van der Waals surface area (Å²) in [5, 5.41) is 3.74. The van der Waals surface area contributed by atoms with Crippen LogP contribution in [0.4, 0.5) is 0 Å². The number of hydrogen-bond acceptors (Lipinski definition) is 3. The number of nitrogens with one attached hydrogen (secondary N) is 1. The van der Waals surface area contributed by atoms with Gasteiger partial charge >= 0.3 is 0 Å². The minimum Gasteiger partial charge on any atom is -0.313 e. The maximum Gasteiger partial charge on any atom is 0.0250 e. The molecule has 1 N–H and O–H groups in total. The van der Waals surface area contributed by atoms with Gasteiger partial charge in [-0.05, 0) is 32.2 Å². The first kappa shape index (κ1) is 14.8. The second-order valence-electron chi connectivity index (χ2n) is 7.03. The Morgan fingerprint density at radius 2 is 1.40 bits per heavy atom. The average molecular weight is 279 g/mol. The van der Waals surface area contributed by atoms with E-state index < -0.39 is 0 Å². The van der Waals surface area contributed by atoms with Crippen LogP contribution in [-0.4, -0.2) is 60.6 Å². The van der Waals surface area contributed by atoms with Crippen molar-refractivity contribution in [2.45, 2.75) is 76.4 Å². The Balaban J connectivity index is 1.50. The van der Waals surface area contributed by atoms with E-state index in [2.05, 4.69) is 22.0 Å². The quantitative estimate of drug-likeness (QED) is 0.853. The number of hydrogen-bond donors (Lipinski definition) is 1. The number of likely N-dealkylation sites (N-methyl/N-ethyl adjacent to an activating group) is 1. The van der Waals surface area contributed by atoms with Gasteiger partial charge in [0.1, 0.15) is 0 Å². The van der Waals surface area contributed by atoms with Crippen LogP contribution in [0.3, 0.4) is 0 Å². The molecule has 1 heterocycles. The Hall–Kier alpha value is -0.120. The van der Waals surface area contributed by atoms with E-state index in [1.165, 1.54) is 77.5 Å². The standard InChI is InChI=1S/C17H33N3/c1-2-18-16-9-5-6-10-17(16)20-13-11-19(12-14-20)15-7-3-4-8-15/h15-18H,2-14H2,1H3. The summed E-state index contributed by atoms with van der Waals surface area (Å²) in [6, 6.07) is 2.49. The third-order valence-electron chi connectivity index (χ3n) is 5.85. The molecule has 2 atom stereocenters. The molecule has 3 heteroatoms. The van der Waals surface area contributed by atoms with Gasteiger partial charge in [0.15, 0.2) is 0 Å². The summed E-state index contributed by atoms with van der Waals surface area (Å²) < 4.78 is 0. The Labute approximate surface area is 125 Å². The Morgan fingerprint density at radius 3 is 2.10 bits per heavy atom. The lowest BCUT2D eigenvalue weighted by Crippen LogP contribution is -2.58. The fourth-order valence-electron chi connectivity index (χ4n) is 4.75. The highest BCUT2D eigenvalue weighted by Crippen LogP contribution is 2.27. The van der Waals surface area contributed by atoms with Crippen LogP contribution < -0.4 is 5.32 Å². The van der Waals surface area contributed by atoms with Crippen molar-refractivity contribution in [2.24, 2.45) is 0 Å². The Kier molecular flexibility index (Phi) is 5.36. The van der Waals surface area contributed by atoms with Gasteiger partial charge in [-0.15, -0.1) is 0 Å². The summed E-state index contributed by atoms with van der Waals surface area (Å²) in [7, 11) is 0. The number of piperazine rings is 1. The normalized spacial score (nSPS) is 34.6. The van der Waals surface area contributed by atoms with E-state index >= 15 is 0 Å². The van der Waals surface area contributed by atoms with Gasteiger partial charge in [-0.2, -0.15) is 0 Å². The largest absolute Gasteiger partial charge is 0.313 e. The smallest absolute Gasteiger partial charge is 0.0250 e. The highest BCUT2D eigenvalue weighted by molar-refractivity contribution is 4.91. The fraction of sp³-hybridized carbons (Fsp3) is 1.00. The van der Waals surface area contributed by atoms with Crippen molar-refractivity contribution >= 4 is 0 Å². The zero-order chi connectivity index (χ0) is 13.8. The van der Waals surface area contributed by atoms with E-state index in [4.69, 9.17) is 0 Å². The van der Waals surface area contributed by atoms with Gasteiger partial charge in [-0.1, -0.05) is 32.6 Å². The molecular weight excluding hydrogens is 246 g/mol. The minimum atomic E-state index is 0.756. The second-order valence-corrected chi connectivity index (χ2v) is 7.03. The van der Waals surface area contributed by atoms with E-state index in [0.29, 0.717) is 0 Å². The van der Waals surface area contributed by atoms with Crippen LogP contribution in [0, 0.1) is 0 Å². The molecule has 0 radical (unpaired) electrons. The van der Waals surface area contributed by atoms with Crippen LogP contribution >= 0.6 is 0 Å². The molecule has 3 nitrogen and oxygen atoms in total. The van der Waals surface area contributed by atoms with Crippen LogP contribution in [0.5, 0.6) is 0 Å². The second kappa shape index (κ2) is 7.24. The molecule has 0 spiro atoms. The molecule has 20 heavy (non-hydrogen) atoms. The SMILES string of the molecule is CCNC1CCCCC1N1CCN(C2CCCC2)CC1. The van der Waals surface area contributed by atoms with Crippen LogP contribution in [-0.2, 0) is 0 Å². The molecule has 0 aromatic rings. The van der Waals surface area contributed by atoms with Crippen molar-refractivity contribution < 1.29 is 0 Å². The lowest BCUT2D eigenvalue weighted by atomic mass is 9.88. The first-order valence-corrected chi connectivity index (χ1v) is 9.10. The zero-order valence-corrected chi connectivity index (χ0v) is 13.3. The summed E-state index contributed by atoms with van der Waals surface area (Å²) in [5.74, 6) is 0. The van der Waals surface area contributed by atoms with Crippen molar-refractivity contribution in [3.8, 4) is 0 Å². The average Bonchev–Trinajstić information content (AvgIpc) is 3.03. The first-order chi connectivity index (χ1) is 9.88. The minimum absolute atomic E-state index is 0.756. The summed E-state index contributed by atoms with van der Waals surface area (Å²) in [5.41, 5.74) is 0. The third-order valence-corrected chi connectivity index (χ3v) is 5.85. The Morgan fingerprint density at radius 1 is 0.800 bits per heavy atom. The molecule has 0 bridgehead atoms. The van der Waals surface area contributed by atoms with Crippen LogP contribution in [0.2, 0.25) is 0 Å². The summed E-state index contributed by atoms with van der Waals surface area (Å²) in [6.07, 6.45) is 11.5. The maximum absolute atomic E-state index is 3.74. The van der Waals surface area contributed by atoms with Gasteiger partial charge in [0.25, 0.3) is 0 Å². The van der Waals surface area contributed by atoms with E-state index in [-0.39, 0.29) is 0 Å². The fourth-order valence-corrected chi connectivity index (χ4v) is 4.75. The lowest BCUT2D eigenvalue weighted by molar-refractivity contribution is 0.0446. The van der Waals surface area contributed by atoms with Crippen molar-refractivity contribution in [2.75, 3.05) is 32.7 Å². The van der Waals surface area contributed by atoms with E-state index in [0.717, 1.165) is 24.7 Å². The number of nitrogens with zero attached hydrogens (tertiary/aromatic N) is 2. The molecule has 3 aliphatic rings. The molecule has 116 valence electrons. The van der Waals surface area contributed by atoms with Gasteiger partial charge < -0.3 is 5.32 Å². The maximum atomic E-state index is 3.74. The van der Waals surface area contributed by atoms with Gasteiger partial charge in [0.2, 0.25) is 0 Å². The molecule has 1 saturated heterocycles. The van der Waals surface area contributed by atoms with Crippen LogP contribution in [0.15, 0.2) is 0 Å². The van der Waals surface area contributed by atoms with E-state index in [1.54, 1.807) is 0 Å². The van der Waals surface area contributed by atoms with Crippen LogP contribution in [0.1, 0.15) is 58.3 Å².